The minimum absolute atomic E-state index is 0.0599. The van der Waals surface area contributed by atoms with Gasteiger partial charge in [0.15, 0.2) is 0 Å². The summed E-state index contributed by atoms with van der Waals surface area (Å²) in [5.41, 5.74) is 1.02. The van der Waals surface area contributed by atoms with Crippen molar-refractivity contribution in [1.29, 1.82) is 0 Å². The molecule has 0 radical (unpaired) electrons. The van der Waals surface area contributed by atoms with Crippen molar-refractivity contribution in [3.8, 4) is 0 Å². The Morgan fingerprint density at radius 3 is 2.95 bits per heavy atom. The van der Waals surface area contributed by atoms with Crippen LogP contribution < -0.4 is 10.2 Å². The lowest BCUT2D eigenvalue weighted by atomic mass is 10.2. The number of hydrogen-bond donors (Lipinski definition) is 2. The molecule has 120 valence electrons. The van der Waals surface area contributed by atoms with Gasteiger partial charge in [0.2, 0.25) is 0 Å². The Morgan fingerprint density at radius 2 is 2.27 bits per heavy atom. The van der Waals surface area contributed by atoms with Gasteiger partial charge in [-0.1, -0.05) is 6.08 Å². The smallest absolute Gasteiger partial charge is 0.318 e. The largest absolute Gasteiger partial charge is 0.395 e. The first-order chi connectivity index (χ1) is 10.7. The molecule has 2 heterocycles. The number of aliphatic hydroxyl groups excluding tert-OH is 1. The monoisotopic (exact) mass is 304 g/mol. The van der Waals surface area contributed by atoms with E-state index in [1.807, 2.05) is 12.1 Å². The summed E-state index contributed by atoms with van der Waals surface area (Å²) < 4.78 is 0. The van der Waals surface area contributed by atoms with E-state index in [0.717, 1.165) is 24.5 Å². The second kappa shape index (κ2) is 8.38. The number of nitrogens with one attached hydrogen (secondary N) is 1. The van der Waals surface area contributed by atoms with E-state index >= 15 is 0 Å². The molecule has 2 N–H and O–H groups in total. The van der Waals surface area contributed by atoms with Crippen LogP contribution in [0.25, 0.3) is 0 Å². The van der Waals surface area contributed by atoms with E-state index in [9.17, 15) is 4.79 Å². The van der Waals surface area contributed by atoms with Crippen molar-refractivity contribution < 1.29 is 9.90 Å². The van der Waals surface area contributed by atoms with Crippen molar-refractivity contribution in [1.82, 2.24) is 15.2 Å². The van der Waals surface area contributed by atoms with Crippen molar-refractivity contribution in [2.24, 2.45) is 0 Å². The van der Waals surface area contributed by atoms with E-state index < -0.39 is 0 Å². The van der Waals surface area contributed by atoms with Crippen LogP contribution >= 0.6 is 0 Å². The van der Waals surface area contributed by atoms with Gasteiger partial charge >= 0.3 is 6.03 Å². The van der Waals surface area contributed by atoms with Gasteiger partial charge in [-0.3, -0.25) is 0 Å². The van der Waals surface area contributed by atoms with Gasteiger partial charge in [0.1, 0.15) is 5.82 Å². The highest BCUT2D eigenvalue weighted by molar-refractivity contribution is 5.74. The van der Waals surface area contributed by atoms with E-state index in [1.54, 1.807) is 12.3 Å². The van der Waals surface area contributed by atoms with Crippen LogP contribution in [0.5, 0.6) is 0 Å². The van der Waals surface area contributed by atoms with Gasteiger partial charge in [-0.15, -0.1) is 6.58 Å². The van der Waals surface area contributed by atoms with E-state index in [2.05, 4.69) is 21.8 Å². The normalized spacial score (nSPS) is 14.0. The SMILES string of the molecule is C=CCN(CCO)C(=O)NCc1ccnc(N2CCCC2)c1. The fraction of sp³-hybridized carbons (Fsp3) is 0.500. The Kier molecular flexibility index (Phi) is 6.21. The molecular weight excluding hydrogens is 280 g/mol. The van der Waals surface area contributed by atoms with Gasteiger partial charge in [-0.2, -0.15) is 0 Å². The van der Waals surface area contributed by atoms with Gasteiger partial charge in [0, 0.05) is 38.9 Å². The van der Waals surface area contributed by atoms with E-state index in [4.69, 9.17) is 5.11 Å². The number of carbonyl (C=O) groups excluding carboxylic acids is 1. The van der Waals surface area contributed by atoms with Gasteiger partial charge in [-0.05, 0) is 30.5 Å². The van der Waals surface area contributed by atoms with E-state index in [-0.39, 0.29) is 12.6 Å². The molecule has 0 spiro atoms. The number of amides is 2. The molecule has 0 saturated carbocycles. The zero-order valence-electron chi connectivity index (χ0n) is 12.9. The van der Waals surface area contributed by atoms with Crippen LogP contribution in [0.2, 0.25) is 0 Å². The van der Waals surface area contributed by atoms with Crippen LogP contribution in [-0.4, -0.2) is 53.8 Å². The molecule has 6 heteroatoms. The van der Waals surface area contributed by atoms with Crippen molar-refractivity contribution in [3.63, 3.8) is 0 Å². The topological polar surface area (TPSA) is 68.7 Å². The highest BCUT2D eigenvalue weighted by atomic mass is 16.3. The predicted octanol–water partition coefficient (Wildman–Crippen LogP) is 1.37. The molecular formula is C16H24N4O2. The first-order valence-corrected chi connectivity index (χ1v) is 7.69. The Bertz CT molecular complexity index is 501. The lowest BCUT2D eigenvalue weighted by molar-refractivity contribution is 0.183. The molecule has 0 atom stereocenters. The zero-order valence-corrected chi connectivity index (χ0v) is 12.9. The second-order valence-corrected chi connectivity index (χ2v) is 5.33. The van der Waals surface area contributed by atoms with E-state index in [0.29, 0.717) is 19.6 Å². The summed E-state index contributed by atoms with van der Waals surface area (Å²) in [6, 6.07) is 3.73. The van der Waals surface area contributed by atoms with Crippen LogP contribution in [0.1, 0.15) is 18.4 Å². The summed E-state index contributed by atoms with van der Waals surface area (Å²) in [5.74, 6) is 0.975. The van der Waals surface area contributed by atoms with Gasteiger partial charge in [0.05, 0.1) is 6.61 Å². The minimum Gasteiger partial charge on any atom is -0.395 e. The third kappa shape index (κ3) is 4.46. The summed E-state index contributed by atoms with van der Waals surface area (Å²) in [7, 11) is 0. The number of urea groups is 1. The first-order valence-electron chi connectivity index (χ1n) is 7.69. The molecule has 1 aliphatic heterocycles. The van der Waals surface area contributed by atoms with Crippen LogP contribution in [-0.2, 0) is 6.54 Å². The number of nitrogens with zero attached hydrogens (tertiary/aromatic N) is 3. The Balaban J connectivity index is 1.91. The molecule has 1 fully saturated rings. The molecule has 0 aromatic carbocycles. The quantitative estimate of drug-likeness (QED) is 0.747. The van der Waals surface area contributed by atoms with E-state index in [1.165, 1.54) is 17.7 Å². The first kappa shape index (κ1) is 16.3. The molecule has 22 heavy (non-hydrogen) atoms. The minimum atomic E-state index is -0.200. The average molecular weight is 304 g/mol. The van der Waals surface area contributed by atoms with Gasteiger partial charge < -0.3 is 20.2 Å². The van der Waals surface area contributed by atoms with Crippen LogP contribution in [0, 0.1) is 0 Å². The molecule has 1 saturated heterocycles. The van der Waals surface area contributed by atoms with Crippen molar-refractivity contribution in [3.05, 3.63) is 36.5 Å². The molecule has 1 aromatic heterocycles. The lowest BCUT2D eigenvalue weighted by Crippen LogP contribution is -2.41. The third-order valence-electron chi connectivity index (χ3n) is 3.69. The maximum Gasteiger partial charge on any atom is 0.318 e. The standard InChI is InChI=1S/C16H24N4O2/c1-2-7-20(10-11-21)16(22)18-13-14-5-6-17-15(12-14)19-8-3-4-9-19/h2,5-6,12,21H,1,3-4,7-11,13H2,(H,18,22). The third-order valence-corrected chi connectivity index (χ3v) is 3.69. The van der Waals surface area contributed by atoms with Crippen molar-refractivity contribution >= 4 is 11.8 Å². The number of hydrogen-bond acceptors (Lipinski definition) is 4. The Morgan fingerprint density at radius 1 is 1.50 bits per heavy atom. The molecule has 1 aliphatic rings. The fourth-order valence-electron chi connectivity index (χ4n) is 2.53. The predicted molar refractivity (Wildman–Crippen MR) is 86.8 cm³/mol. The number of rotatable bonds is 7. The maximum atomic E-state index is 12.1. The molecule has 0 bridgehead atoms. The molecule has 0 aliphatic carbocycles. The van der Waals surface area contributed by atoms with Gasteiger partial charge in [-0.25, -0.2) is 9.78 Å². The molecule has 1 aromatic rings. The van der Waals surface area contributed by atoms with Crippen LogP contribution in [0.3, 0.4) is 0 Å². The molecule has 2 amide bonds. The number of anilines is 1. The highest BCUT2D eigenvalue weighted by Gasteiger charge is 2.14. The Hall–Kier alpha value is -2.08. The molecule has 2 rings (SSSR count). The molecule has 0 unspecified atom stereocenters. The summed E-state index contributed by atoms with van der Waals surface area (Å²) in [6.07, 6.45) is 5.85. The summed E-state index contributed by atoms with van der Waals surface area (Å²) >= 11 is 0. The van der Waals surface area contributed by atoms with Crippen molar-refractivity contribution in [2.45, 2.75) is 19.4 Å². The lowest BCUT2D eigenvalue weighted by Gasteiger charge is -2.21. The Labute approximate surface area is 131 Å². The summed E-state index contributed by atoms with van der Waals surface area (Å²) in [6.45, 7) is 6.82. The number of aromatic nitrogens is 1. The second-order valence-electron chi connectivity index (χ2n) is 5.33. The van der Waals surface area contributed by atoms with Crippen LogP contribution in [0.4, 0.5) is 10.6 Å². The number of carbonyl (C=O) groups is 1. The summed E-state index contributed by atoms with van der Waals surface area (Å²) in [5, 5.41) is 11.9. The van der Waals surface area contributed by atoms with Crippen molar-refractivity contribution in [2.75, 3.05) is 37.7 Å². The fourth-order valence-corrected chi connectivity index (χ4v) is 2.53. The molecule has 6 nitrogen and oxygen atoms in total. The average Bonchev–Trinajstić information content (AvgIpc) is 3.07. The number of aliphatic hydroxyl groups is 1. The van der Waals surface area contributed by atoms with Crippen LogP contribution in [0.15, 0.2) is 31.0 Å². The number of pyridine rings is 1. The zero-order chi connectivity index (χ0) is 15.8. The summed E-state index contributed by atoms with van der Waals surface area (Å²) in [4.78, 5) is 20.3. The highest BCUT2D eigenvalue weighted by Crippen LogP contribution is 2.18. The maximum absolute atomic E-state index is 12.1. The van der Waals surface area contributed by atoms with Gasteiger partial charge in [0.25, 0.3) is 0 Å².